The first-order valence-corrected chi connectivity index (χ1v) is 7.08. The molecule has 1 saturated heterocycles. The predicted octanol–water partition coefficient (Wildman–Crippen LogP) is 3.14. The van der Waals surface area contributed by atoms with Gasteiger partial charge in [0.1, 0.15) is 17.1 Å². The Morgan fingerprint density at radius 1 is 1.45 bits per heavy atom. The lowest BCUT2D eigenvalue weighted by molar-refractivity contribution is 0.120. The first-order valence-electron chi connectivity index (χ1n) is 7.08. The van der Waals surface area contributed by atoms with Gasteiger partial charge in [-0.15, -0.1) is 0 Å². The number of rotatable bonds is 4. The molecule has 1 aliphatic rings. The van der Waals surface area contributed by atoms with E-state index < -0.39 is 0 Å². The topological polar surface area (TPSA) is 43.4 Å². The van der Waals surface area contributed by atoms with E-state index in [-0.39, 0.29) is 0 Å². The van der Waals surface area contributed by atoms with E-state index in [1.165, 1.54) is 5.56 Å². The predicted molar refractivity (Wildman–Crippen MR) is 80.5 cm³/mol. The summed E-state index contributed by atoms with van der Waals surface area (Å²) < 4.78 is 11.0. The molecule has 0 bridgehead atoms. The highest BCUT2D eigenvalue weighted by Crippen LogP contribution is 2.28. The average Bonchev–Trinajstić information content (AvgIpc) is 2.98. The van der Waals surface area contributed by atoms with E-state index in [9.17, 15) is 0 Å². The number of para-hydroxylation sites is 1. The first kappa shape index (κ1) is 13.2. The number of hydrogen-bond acceptors (Lipinski definition) is 4. The molecule has 1 N–H and O–H groups in total. The van der Waals surface area contributed by atoms with Gasteiger partial charge in [0.2, 0.25) is 0 Å². The number of benzene rings is 1. The Morgan fingerprint density at radius 3 is 3.10 bits per heavy atom. The summed E-state index contributed by atoms with van der Waals surface area (Å²) in [5.41, 5.74) is 2.11. The molecule has 1 aromatic heterocycles. The van der Waals surface area contributed by atoms with Crippen LogP contribution >= 0.6 is 0 Å². The largest absolute Gasteiger partial charge is 0.494 e. The molecule has 106 valence electrons. The smallest absolute Gasteiger partial charge is 0.145 e. The van der Waals surface area contributed by atoms with Crippen LogP contribution in [0.2, 0.25) is 0 Å². The second-order valence-electron chi connectivity index (χ2n) is 5.20. The van der Waals surface area contributed by atoms with Crippen LogP contribution in [0.1, 0.15) is 18.4 Å². The van der Waals surface area contributed by atoms with Crippen LogP contribution in [0.3, 0.4) is 0 Å². The number of methoxy groups -OCH3 is 1. The highest BCUT2D eigenvalue weighted by atomic mass is 16.5. The Labute approximate surface area is 119 Å². The van der Waals surface area contributed by atoms with E-state index in [2.05, 4.69) is 29.4 Å². The van der Waals surface area contributed by atoms with Gasteiger partial charge >= 0.3 is 0 Å². The SMILES string of the molecule is COc1cccc2c(C)cc(NC[C@@H]3CCCO3)nc12. The molecule has 1 aromatic carbocycles. The molecule has 0 amide bonds. The molecule has 0 unspecified atom stereocenters. The maximum Gasteiger partial charge on any atom is 0.145 e. The number of nitrogens with one attached hydrogen (secondary N) is 1. The molecule has 20 heavy (non-hydrogen) atoms. The molecule has 1 aliphatic heterocycles. The van der Waals surface area contributed by atoms with Crippen LogP contribution in [0.4, 0.5) is 5.82 Å². The summed E-state index contributed by atoms with van der Waals surface area (Å²) in [6.45, 7) is 3.79. The molecule has 0 aliphatic carbocycles. The second-order valence-corrected chi connectivity index (χ2v) is 5.20. The van der Waals surface area contributed by atoms with Gasteiger partial charge in [-0.25, -0.2) is 4.98 Å². The summed E-state index contributed by atoms with van der Waals surface area (Å²) in [5, 5.41) is 4.51. The molecular formula is C16H20N2O2. The summed E-state index contributed by atoms with van der Waals surface area (Å²) in [4.78, 5) is 4.68. The van der Waals surface area contributed by atoms with Gasteiger partial charge in [0.05, 0.1) is 13.2 Å². The molecule has 0 radical (unpaired) electrons. The number of anilines is 1. The lowest BCUT2D eigenvalue weighted by atomic mass is 10.1. The zero-order chi connectivity index (χ0) is 13.9. The minimum absolute atomic E-state index is 0.311. The van der Waals surface area contributed by atoms with Gasteiger partial charge in [-0.2, -0.15) is 0 Å². The average molecular weight is 272 g/mol. The van der Waals surface area contributed by atoms with Crippen LogP contribution in [-0.4, -0.2) is 31.3 Å². The van der Waals surface area contributed by atoms with Crippen molar-refractivity contribution < 1.29 is 9.47 Å². The third-order valence-electron chi connectivity index (χ3n) is 3.76. The van der Waals surface area contributed by atoms with Crippen LogP contribution in [0.5, 0.6) is 5.75 Å². The summed E-state index contributed by atoms with van der Waals surface area (Å²) >= 11 is 0. The lowest BCUT2D eigenvalue weighted by Gasteiger charge is -2.13. The fourth-order valence-corrected chi connectivity index (χ4v) is 2.67. The van der Waals surface area contributed by atoms with Crippen molar-refractivity contribution in [2.24, 2.45) is 0 Å². The van der Waals surface area contributed by atoms with Gasteiger partial charge in [-0.1, -0.05) is 12.1 Å². The minimum atomic E-state index is 0.311. The first-order chi connectivity index (χ1) is 9.78. The van der Waals surface area contributed by atoms with Crippen molar-refractivity contribution in [1.29, 1.82) is 0 Å². The van der Waals surface area contributed by atoms with Crippen molar-refractivity contribution in [3.63, 3.8) is 0 Å². The van der Waals surface area contributed by atoms with E-state index in [1.54, 1.807) is 7.11 Å². The van der Waals surface area contributed by atoms with Crippen molar-refractivity contribution in [1.82, 2.24) is 4.98 Å². The van der Waals surface area contributed by atoms with E-state index in [4.69, 9.17) is 9.47 Å². The second kappa shape index (κ2) is 5.67. The Hall–Kier alpha value is -1.81. The molecule has 4 heteroatoms. The summed E-state index contributed by atoms with van der Waals surface area (Å²) in [6.07, 6.45) is 2.60. The van der Waals surface area contributed by atoms with Gasteiger partial charge < -0.3 is 14.8 Å². The maximum absolute atomic E-state index is 5.62. The van der Waals surface area contributed by atoms with Crippen LogP contribution < -0.4 is 10.1 Å². The molecule has 1 atom stereocenters. The highest BCUT2D eigenvalue weighted by Gasteiger charge is 2.15. The third-order valence-corrected chi connectivity index (χ3v) is 3.76. The zero-order valence-corrected chi connectivity index (χ0v) is 12.0. The van der Waals surface area contributed by atoms with Gasteiger partial charge in [0.15, 0.2) is 0 Å². The Bertz CT molecular complexity index is 607. The van der Waals surface area contributed by atoms with Crippen molar-refractivity contribution in [3.05, 3.63) is 29.8 Å². The lowest BCUT2D eigenvalue weighted by Crippen LogP contribution is -2.19. The van der Waals surface area contributed by atoms with E-state index in [0.29, 0.717) is 6.10 Å². The Kier molecular flexibility index (Phi) is 3.74. The van der Waals surface area contributed by atoms with Gasteiger partial charge in [-0.3, -0.25) is 0 Å². The summed E-state index contributed by atoms with van der Waals surface area (Å²) in [5.74, 6) is 1.70. The fraction of sp³-hybridized carbons (Fsp3) is 0.438. The molecule has 4 nitrogen and oxygen atoms in total. The van der Waals surface area contributed by atoms with E-state index >= 15 is 0 Å². The molecular weight excluding hydrogens is 252 g/mol. The monoisotopic (exact) mass is 272 g/mol. The number of pyridine rings is 1. The zero-order valence-electron chi connectivity index (χ0n) is 12.0. The molecule has 2 heterocycles. The van der Waals surface area contributed by atoms with E-state index in [0.717, 1.165) is 48.5 Å². The van der Waals surface area contributed by atoms with Crippen molar-refractivity contribution >= 4 is 16.7 Å². The van der Waals surface area contributed by atoms with Crippen molar-refractivity contribution in [2.75, 3.05) is 25.6 Å². The van der Waals surface area contributed by atoms with Crippen molar-refractivity contribution in [2.45, 2.75) is 25.9 Å². The molecule has 1 fully saturated rings. The maximum atomic E-state index is 5.62. The van der Waals surface area contributed by atoms with Gasteiger partial charge in [-0.05, 0) is 37.5 Å². The quantitative estimate of drug-likeness (QED) is 0.928. The number of hydrogen-bond donors (Lipinski definition) is 1. The van der Waals surface area contributed by atoms with Crippen molar-refractivity contribution in [3.8, 4) is 5.75 Å². The van der Waals surface area contributed by atoms with Crippen LogP contribution in [0, 0.1) is 6.92 Å². The third kappa shape index (κ3) is 2.56. The number of aryl methyl sites for hydroxylation is 1. The number of ether oxygens (including phenoxy) is 2. The highest BCUT2D eigenvalue weighted by molar-refractivity contribution is 5.88. The molecule has 3 rings (SSSR count). The minimum Gasteiger partial charge on any atom is -0.494 e. The number of aromatic nitrogens is 1. The van der Waals surface area contributed by atoms with Gasteiger partial charge in [0, 0.05) is 18.5 Å². The number of nitrogens with zero attached hydrogens (tertiary/aromatic N) is 1. The van der Waals surface area contributed by atoms with E-state index in [1.807, 2.05) is 12.1 Å². The molecule has 2 aromatic rings. The summed E-state index contributed by atoms with van der Waals surface area (Å²) in [6, 6.07) is 8.09. The number of fused-ring (bicyclic) bond motifs is 1. The van der Waals surface area contributed by atoms with Crippen LogP contribution in [-0.2, 0) is 4.74 Å². The standard InChI is InChI=1S/C16H20N2O2/c1-11-9-15(17-10-12-5-4-8-20-12)18-16-13(11)6-3-7-14(16)19-2/h3,6-7,9,12H,4-5,8,10H2,1-2H3,(H,17,18)/t12-/m0/s1. The van der Waals surface area contributed by atoms with Gasteiger partial charge in [0.25, 0.3) is 0 Å². The molecule has 0 saturated carbocycles. The Balaban J connectivity index is 1.87. The van der Waals surface area contributed by atoms with Crippen LogP contribution in [0.25, 0.3) is 10.9 Å². The molecule has 0 spiro atoms. The summed E-state index contributed by atoms with van der Waals surface area (Å²) in [7, 11) is 1.68. The Morgan fingerprint density at radius 2 is 2.35 bits per heavy atom. The fourth-order valence-electron chi connectivity index (χ4n) is 2.67. The normalized spacial score (nSPS) is 18.4. The van der Waals surface area contributed by atoms with Crippen LogP contribution in [0.15, 0.2) is 24.3 Å².